The summed E-state index contributed by atoms with van der Waals surface area (Å²) in [5.41, 5.74) is 2.21. The SMILES string of the molecule is CCNCC(C)=Cc1c(Cl)nc2sccn12. The van der Waals surface area contributed by atoms with E-state index >= 15 is 0 Å². The van der Waals surface area contributed by atoms with Gasteiger partial charge in [-0.05, 0) is 19.5 Å². The molecular formula is C11H14ClN3S. The highest BCUT2D eigenvalue weighted by Crippen LogP contribution is 2.23. The Morgan fingerprint density at radius 2 is 2.50 bits per heavy atom. The first kappa shape index (κ1) is 11.6. The van der Waals surface area contributed by atoms with E-state index in [4.69, 9.17) is 11.6 Å². The lowest BCUT2D eigenvalue weighted by atomic mass is 10.2. The van der Waals surface area contributed by atoms with Gasteiger partial charge in [-0.1, -0.05) is 24.1 Å². The number of hydrogen-bond donors (Lipinski definition) is 1. The summed E-state index contributed by atoms with van der Waals surface area (Å²) < 4.78 is 2.02. The number of imidazole rings is 1. The average molecular weight is 256 g/mol. The van der Waals surface area contributed by atoms with E-state index in [1.165, 1.54) is 5.57 Å². The predicted octanol–water partition coefficient (Wildman–Crippen LogP) is 3.06. The second-order valence-corrected chi connectivity index (χ2v) is 4.85. The van der Waals surface area contributed by atoms with E-state index in [1.54, 1.807) is 11.3 Å². The van der Waals surface area contributed by atoms with Crippen LogP contribution >= 0.6 is 22.9 Å². The molecule has 0 radical (unpaired) electrons. The summed E-state index contributed by atoms with van der Waals surface area (Å²) >= 11 is 7.69. The molecule has 86 valence electrons. The number of rotatable bonds is 4. The smallest absolute Gasteiger partial charge is 0.195 e. The van der Waals surface area contributed by atoms with Crippen LogP contribution in [0.15, 0.2) is 17.2 Å². The van der Waals surface area contributed by atoms with Crippen molar-refractivity contribution in [2.75, 3.05) is 13.1 Å². The van der Waals surface area contributed by atoms with Crippen molar-refractivity contribution in [1.82, 2.24) is 14.7 Å². The highest BCUT2D eigenvalue weighted by atomic mass is 35.5. The van der Waals surface area contributed by atoms with Crippen molar-refractivity contribution in [2.45, 2.75) is 13.8 Å². The Balaban J connectivity index is 2.31. The van der Waals surface area contributed by atoms with Gasteiger partial charge in [-0.25, -0.2) is 4.98 Å². The van der Waals surface area contributed by atoms with Crippen molar-refractivity contribution in [3.05, 3.63) is 28.0 Å². The molecule has 0 aliphatic carbocycles. The van der Waals surface area contributed by atoms with Crippen molar-refractivity contribution in [1.29, 1.82) is 0 Å². The van der Waals surface area contributed by atoms with E-state index < -0.39 is 0 Å². The maximum Gasteiger partial charge on any atom is 0.195 e. The number of thiazole rings is 1. The lowest BCUT2D eigenvalue weighted by Crippen LogP contribution is -2.14. The fraction of sp³-hybridized carbons (Fsp3) is 0.364. The highest BCUT2D eigenvalue weighted by molar-refractivity contribution is 7.15. The third kappa shape index (κ3) is 2.29. The van der Waals surface area contributed by atoms with Crippen LogP contribution in [0.5, 0.6) is 0 Å². The molecule has 0 saturated carbocycles. The van der Waals surface area contributed by atoms with Gasteiger partial charge in [0.25, 0.3) is 0 Å². The van der Waals surface area contributed by atoms with Crippen LogP contribution in [-0.2, 0) is 0 Å². The monoisotopic (exact) mass is 255 g/mol. The van der Waals surface area contributed by atoms with Crippen LogP contribution in [0.4, 0.5) is 0 Å². The molecule has 16 heavy (non-hydrogen) atoms. The van der Waals surface area contributed by atoms with Gasteiger partial charge in [0.1, 0.15) is 0 Å². The molecule has 0 unspecified atom stereocenters. The molecule has 0 aliphatic rings. The molecule has 0 amide bonds. The van der Waals surface area contributed by atoms with Gasteiger partial charge < -0.3 is 5.32 Å². The Labute approximate surface area is 104 Å². The number of halogens is 1. The van der Waals surface area contributed by atoms with Crippen LogP contribution in [0, 0.1) is 0 Å². The summed E-state index contributed by atoms with van der Waals surface area (Å²) in [4.78, 5) is 5.23. The van der Waals surface area contributed by atoms with E-state index in [9.17, 15) is 0 Å². The molecule has 0 aliphatic heterocycles. The van der Waals surface area contributed by atoms with Crippen LogP contribution in [0.1, 0.15) is 19.5 Å². The minimum absolute atomic E-state index is 0.572. The van der Waals surface area contributed by atoms with Gasteiger partial charge in [-0.2, -0.15) is 0 Å². The number of nitrogens with zero attached hydrogens (tertiary/aromatic N) is 2. The average Bonchev–Trinajstić information content (AvgIpc) is 2.79. The molecule has 2 aromatic heterocycles. The first-order valence-electron chi connectivity index (χ1n) is 5.21. The quantitative estimate of drug-likeness (QED) is 0.910. The van der Waals surface area contributed by atoms with E-state index in [1.807, 2.05) is 16.0 Å². The van der Waals surface area contributed by atoms with Gasteiger partial charge in [0.05, 0.1) is 5.69 Å². The molecule has 0 aromatic carbocycles. The molecule has 2 aromatic rings. The fourth-order valence-corrected chi connectivity index (χ4v) is 2.51. The standard InChI is InChI=1S/C11H14ClN3S/c1-3-13-7-8(2)6-9-10(12)14-11-15(9)4-5-16-11/h4-6,13H,3,7H2,1-2H3. The Morgan fingerprint density at radius 3 is 3.25 bits per heavy atom. The van der Waals surface area contributed by atoms with Crippen molar-refractivity contribution in [3.8, 4) is 0 Å². The lowest BCUT2D eigenvalue weighted by molar-refractivity contribution is 0.778. The van der Waals surface area contributed by atoms with Gasteiger partial charge in [0.15, 0.2) is 10.1 Å². The van der Waals surface area contributed by atoms with E-state index in [0.29, 0.717) is 5.15 Å². The van der Waals surface area contributed by atoms with Crippen LogP contribution in [0.25, 0.3) is 11.0 Å². The molecule has 2 rings (SSSR count). The van der Waals surface area contributed by atoms with Crippen molar-refractivity contribution in [2.24, 2.45) is 0 Å². The van der Waals surface area contributed by atoms with Crippen molar-refractivity contribution < 1.29 is 0 Å². The number of likely N-dealkylation sites (N-methyl/N-ethyl adjacent to an activating group) is 1. The minimum Gasteiger partial charge on any atom is -0.313 e. The highest BCUT2D eigenvalue weighted by Gasteiger charge is 2.08. The van der Waals surface area contributed by atoms with Crippen LogP contribution < -0.4 is 5.32 Å². The molecule has 0 fully saturated rings. The number of hydrogen-bond acceptors (Lipinski definition) is 3. The molecule has 0 atom stereocenters. The second-order valence-electron chi connectivity index (χ2n) is 3.61. The Morgan fingerprint density at radius 1 is 1.69 bits per heavy atom. The maximum absolute atomic E-state index is 6.10. The van der Waals surface area contributed by atoms with E-state index in [2.05, 4.69) is 30.2 Å². The molecule has 1 N–H and O–H groups in total. The van der Waals surface area contributed by atoms with Gasteiger partial charge in [0.2, 0.25) is 0 Å². The first-order valence-corrected chi connectivity index (χ1v) is 6.47. The largest absolute Gasteiger partial charge is 0.313 e. The topological polar surface area (TPSA) is 29.3 Å². The molecular weight excluding hydrogens is 242 g/mol. The number of nitrogens with one attached hydrogen (secondary N) is 1. The summed E-state index contributed by atoms with van der Waals surface area (Å²) in [6, 6.07) is 0. The molecule has 3 nitrogen and oxygen atoms in total. The summed E-state index contributed by atoms with van der Waals surface area (Å²) in [5.74, 6) is 0. The third-order valence-electron chi connectivity index (χ3n) is 2.29. The fourth-order valence-electron chi connectivity index (χ4n) is 1.51. The molecule has 5 heteroatoms. The Bertz CT molecular complexity index is 512. The molecule has 2 heterocycles. The number of fused-ring (bicyclic) bond motifs is 1. The molecule has 0 spiro atoms. The van der Waals surface area contributed by atoms with Gasteiger partial charge in [-0.3, -0.25) is 4.40 Å². The van der Waals surface area contributed by atoms with Crippen molar-refractivity contribution in [3.63, 3.8) is 0 Å². The zero-order valence-corrected chi connectivity index (χ0v) is 10.9. The normalized spacial score (nSPS) is 12.6. The minimum atomic E-state index is 0.572. The summed E-state index contributed by atoms with van der Waals surface area (Å²) in [7, 11) is 0. The van der Waals surface area contributed by atoms with Gasteiger partial charge >= 0.3 is 0 Å². The van der Waals surface area contributed by atoms with Crippen LogP contribution in [0.2, 0.25) is 5.15 Å². The van der Waals surface area contributed by atoms with Crippen LogP contribution in [-0.4, -0.2) is 22.5 Å². The second kappa shape index (κ2) is 4.99. The molecule has 0 bridgehead atoms. The van der Waals surface area contributed by atoms with Gasteiger partial charge in [0, 0.05) is 18.1 Å². The Hall–Kier alpha value is -0.840. The predicted molar refractivity (Wildman–Crippen MR) is 70.3 cm³/mol. The van der Waals surface area contributed by atoms with E-state index in [0.717, 1.165) is 23.7 Å². The maximum atomic E-state index is 6.10. The molecule has 0 saturated heterocycles. The zero-order chi connectivity index (χ0) is 11.5. The lowest BCUT2D eigenvalue weighted by Gasteiger charge is -2.01. The van der Waals surface area contributed by atoms with Crippen LogP contribution in [0.3, 0.4) is 0 Å². The summed E-state index contributed by atoms with van der Waals surface area (Å²) in [5, 5.41) is 5.86. The number of aromatic nitrogens is 2. The summed E-state index contributed by atoms with van der Waals surface area (Å²) in [6.07, 6.45) is 4.07. The Kier molecular flexibility index (Phi) is 3.63. The zero-order valence-electron chi connectivity index (χ0n) is 9.33. The van der Waals surface area contributed by atoms with E-state index in [-0.39, 0.29) is 0 Å². The first-order chi connectivity index (χ1) is 7.72. The third-order valence-corrected chi connectivity index (χ3v) is 3.33. The van der Waals surface area contributed by atoms with Crippen molar-refractivity contribution >= 4 is 34.0 Å². The summed E-state index contributed by atoms with van der Waals surface area (Å²) in [6.45, 7) is 6.03. The van der Waals surface area contributed by atoms with Gasteiger partial charge in [-0.15, -0.1) is 11.3 Å².